The van der Waals surface area contributed by atoms with Crippen LogP contribution >= 0.6 is 11.6 Å². The maximum atomic E-state index is 12.9. The molecule has 0 heterocycles. The number of phenolic OH excluding ortho intramolecular Hbond substituents is 1. The van der Waals surface area contributed by atoms with Crippen LogP contribution in [0, 0.1) is 0 Å². The molecule has 1 aliphatic carbocycles. The largest absolute Gasteiger partial charge is 0.504 e. The van der Waals surface area contributed by atoms with Gasteiger partial charge in [0.15, 0.2) is 15.6 Å². The molecule has 1 atom stereocenters. The smallest absolute Gasteiger partial charge is 0.414 e. The van der Waals surface area contributed by atoms with Crippen molar-refractivity contribution < 1.29 is 31.5 Å². The third kappa shape index (κ3) is 4.49. The maximum absolute atomic E-state index is 12.9. The van der Waals surface area contributed by atoms with Crippen molar-refractivity contribution in [2.45, 2.75) is 49.1 Å². The first-order valence-corrected chi connectivity index (χ1v) is 9.88. The second kappa shape index (κ2) is 7.59. The fourth-order valence-corrected chi connectivity index (χ4v) is 4.30. The molecule has 1 aromatic carbocycles. The molecule has 0 spiro atoms. The average Bonchev–Trinajstić information content (AvgIpc) is 2.98. The summed E-state index contributed by atoms with van der Waals surface area (Å²) in [6.07, 6.45) is -3.29. The lowest BCUT2D eigenvalue weighted by molar-refractivity contribution is -0.0952. The highest BCUT2D eigenvalue weighted by Gasteiger charge is 2.41. The van der Waals surface area contributed by atoms with Gasteiger partial charge >= 0.3 is 12.2 Å². The summed E-state index contributed by atoms with van der Waals surface area (Å²) in [4.78, 5) is 11.5. The van der Waals surface area contributed by atoms with E-state index in [4.69, 9.17) is 11.6 Å². The highest BCUT2D eigenvalue weighted by molar-refractivity contribution is 7.92. The van der Waals surface area contributed by atoms with Crippen LogP contribution in [-0.4, -0.2) is 37.0 Å². The number of carbonyl (C=O) groups excluding carboxylic acids is 1. The van der Waals surface area contributed by atoms with Gasteiger partial charge in [-0.3, -0.25) is 0 Å². The van der Waals surface area contributed by atoms with Crippen LogP contribution in [0.1, 0.15) is 26.7 Å². The summed E-state index contributed by atoms with van der Waals surface area (Å²) < 4.78 is 63.4. The molecule has 0 aliphatic heterocycles. The normalized spacial score (nSPS) is 17.7. The molecule has 0 saturated carbocycles. The van der Waals surface area contributed by atoms with Gasteiger partial charge in [-0.15, -0.1) is 0 Å². The van der Waals surface area contributed by atoms with Crippen LogP contribution in [-0.2, 0) is 9.84 Å². The molecule has 0 aromatic heterocycles. The molecule has 6 nitrogen and oxygen atoms in total. The highest BCUT2D eigenvalue weighted by Crippen LogP contribution is 2.39. The Hall–Kier alpha value is -1.94. The molecule has 27 heavy (non-hydrogen) atoms. The lowest BCUT2D eigenvalue weighted by Crippen LogP contribution is -2.40. The molecule has 1 unspecified atom stereocenters. The van der Waals surface area contributed by atoms with E-state index in [-0.39, 0.29) is 23.6 Å². The first kappa shape index (κ1) is 21.4. The zero-order valence-corrected chi connectivity index (χ0v) is 16.0. The Bertz CT molecular complexity index is 882. The van der Waals surface area contributed by atoms with Gasteiger partial charge < -0.3 is 15.7 Å². The van der Waals surface area contributed by atoms with Crippen LogP contribution < -0.4 is 10.6 Å². The second-order valence-electron chi connectivity index (χ2n) is 6.25. The number of carbonyl (C=O) groups is 1. The first-order valence-electron chi connectivity index (χ1n) is 7.95. The van der Waals surface area contributed by atoms with E-state index in [1.165, 1.54) is 19.9 Å². The molecule has 150 valence electrons. The van der Waals surface area contributed by atoms with Crippen LogP contribution in [0.4, 0.5) is 23.7 Å². The molecule has 2 rings (SSSR count). The quantitative estimate of drug-likeness (QED) is 0.501. The number of hydrogen-bond donors (Lipinski definition) is 3. The van der Waals surface area contributed by atoms with Crippen molar-refractivity contribution in [3.63, 3.8) is 0 Å². The number of alkyl halides is 3. The van der Waals surface area contributed by atoms with Crippen molar-refractivity contribution in [3.05, 3.63) is 28.8 Å². The Morgan fingerprint density at radius 3 is 2.52 bits per heavy atom. The van der Waals surface area contributed by atoms with Gasteiger partial charge in [0, 0.05) is 0 Å². The maximum Gasteiger partial charge on any atom is 0.414 e. The van der Waals surface area contributed by atoms with Gasteiger partial charge in [0.1, 0.15) is 4.90 Å². The topological polar surface area (TPSA) is 95.5 Å². The van der Waals surface area contributed by atoms with E-state index in [1.807, 2.05) is 0 Å². The molecular weight excluding hydrogens is 409 g/mol. The SMILES string of the molecule is CC(C)S(=O)(=O)c1c(Cl)ccc(NC(=O)NC2CCC=C2C(F)(F)F)c1O. The number of phenols is 1. The minimum Gasteiger partial charge on any atom is -0.504 e. The molecule has 1 aliphatic rings. The number of benzene rings is 1. The van der Waals surface area contributed by atoms with Gasteiger partial charge in [-0.2, -0.15) is 13.2 Å². The average molecular weight is 427 g/mol. The van der Waals surface area contributed by atoms with Gasteiger partial charge in [-0.25, -0.2) is 13.2 Å². The Kier molecular flexibility index (Phi) is 6.00. The minimum absolute atomic E-state index is 0.0852. The number of hydrogen-bond acceptors (Lipinski definition) is 4. The summed E-state index contributed by atoms with van der Waals surface area (Å²) in [6.45, 7) is 2.78. The molecule has 0 bridgehead atoms. The highest BCUT2D eigenvalue weighted by atomic mass is 35.5. The van der Waals surface area contributed by atoms with E-state index in [0.717, 1.165) is 12.1 Å². The number of sulfone groups is 1. The Balaban J connectivity index is 2.24. The fourth-order valence-electron chi connectivity index (χ4n) is 2.64. The number of urea groups is 1. The molecule has 0 fully saturated rings. The van der Waals surface area contributed by atoms with Crippen molar-refractivity contribution >= 4 is 33.2 Å². The molecule has 3 N–H and O–H groups in total. The molecule has 2 amide bonds. The summed E-state index contributed by atoms with van der Waals surface area (Å²) in [5, 5.41) is 13.5. The summed E-state index contributed by atoms with van der Waals surface area (Å²) >= 11 is 5.87. The van der Waals surface area contributed by atoms with Crippen molar-refractivity contribution in [1.82, 2.24) is 5.32 Å². The van der Waals surface area contributed by atoms with Crippen molar-refractivity contribution in [1.29, 1.82) is 0 Å². The van der Waals surface area contributed by atoms with E-state index >= 15 is 0 Å². The Morgan fingerprint density at radius 2 is 1.96 bits per heavy atom. The predicted molar refractivity (Wildman–Crippen MR) is 94.8 cm³/mol. The summed E-state index contributed by atoms with van der Waals surface area (Å²) in [5.74, 6) is -0.774. The lowest BCUT2D eigenvalue weighted by atomic mass is 10.1. The van der Waals surface area contributed by atoms with E-state index in [1.54, 1.807) is 0 Å². The molecular formula is C16H18ClF3N2O4S. The zero-order valence-electron chi connectivity index (χ0n) is 14.4. The molecule has 0 radical (unpaired) electrons. The lowest BCUT2D eigenvalue weighted by Gasteiger charge is -2.20. The van der Waals surface area contributed by atoms with Gasteiger partial charge in [0.05, 0.1) is 27.6 Å². The van der Waals surface area contributed by atoms with Crippen molar-refractivity contribution in [2.24, 2.45) is 0 Å². The fraction of sp³-hybridized carbons (Fsp3) is 0.438. The summed E-state index contributed by atoms with van der Waals surface area (Å²) in [5.41, 5.74) is -1.13. The number of nitrogens with one attached hydrogen (secondary N) is 2. The second-order valence-corrected chi connectivity index (χ2v) is 9.10. The van der Waals surface area contributed by atoms with E-state index in [9.17, 15) is 31.5 Å². The number of allylic oxidation sites excluding steroid dienone is 1. The predicted octanol–water partition coefficient (Wildman–Crippen LogP) is 4.00. The van der Waals surface area contributed by atoms with Crippen LogP contribution in [0.2, 0.25) is 5.02 Å². The number of aromatic hydroxyl groups is 1. The van der Waals surface area contributed by atoms with Gasteiger partial charge in [0.2, 0.25) is 0 Å². The standard InChI is InChI=1S/C16H18ClF3N2O4S/c1-8(2)27(25,26)14-10(17)6-7-12(13(14)23)22-15(24)21-11-5-3-4-9(11)16(18,19)20/h4,6-8,11,23H,3,5H2,1-2H3,(H2,21,22,24). The monoisotopic (exact) mass is 426 g/mol. The number of amides is 2. The first-order chi connectivity index (χ1) is 12.4. The molecule has 11 heteroatoms. The van der Waals surface area contributed by atoms with Gasteiger partial charge in [-0.05, 0) is 38.8 Å². The zero-order chi connectivity index (χ0) is 20.6. The van der Waals surface area contributed by atoms with Crippen molar-refractivity contribution in [2.75, 3.05) is 5.32 Å². The van der Waals surface area contributed by atoms with Gasteiger partial charge in [-0.1, -0.05) is 17.7 Å². The summed E-state index contributed by atoms with van der Waals surface area (Å²) in [7, 11) is -3.96. The number of rotatable bonds is 4. The van der Waals surface area contributed by atoms with Crippen LogP contribution in [0.15, 0.2) is 28.7 Å². The third-order valence-corrected chi connectivity index (χ3v) is 6.71. The van der Waals surface area contributed by atoms with E-state index in [2.05, 4.69) is 10.6 Å². The molecule has 0 saturated heterocycles. The van der Waals surface area contributed by atoms with Crippen LogP contribution in [0.5, 0.6) is 5.75 Å². The number of anilines is 1. The van der Waals surface area contributed by atoms with Gasteiger partial charge in [0.25, 0.3) is 0 Å². The van der Waals surface area contributed by atoms with Crippen LogP contribution in [0.25, 0.3) is 0 Å². The molecule has 1 aromatic rings. The minimum atomic E-state index is -4.56. The Labute approximate surface area is 159 Å². The van der Waals surface area contributed by atoms with Crippen molar-refractivity contribution in [3.8, 4) is 5.75 Å². The van der Waals surface area contributed by atoms with E-state index in [0.29, 0.717) is 0 Å². The Morgan fingerprint density at radius 1 is 1.33 bits per heavy atom. The third-order valence-electron chi connectivity index (χ3n) is 4.06. The van der Waals surface area contributed by atoms with E-state index < -0.39 is 49.6 Å². The number of halogens is 4. The van der Waals surface area contributed by atoms with Crippen LogP contribution in [0.3, 0.4) is 0 Å². The summed E-state index contributed by atoms with van der Waals surface area (Å²) in [6, 6.07) is 0.0926.